The van der Waals surface area contributed by atoms with Gasteiger partial charge >= 0.3 is 0 Å². The third kappa shape index (κ3) is 3.03. The molecular formula is C13H13Cl2FN2. The van der Waals surface area contributed by atoms with Crippen molar-refractivity contribution < 1.29 is 4.39 Å². The number of aromatic nitrogens is 2. The molecule has 0 saturated heterocycles. The minimum absolute atomic E-state index is 0.0180. The summed E-state index contributed by atoms with van der Waals surface area (Å²) in [7, 11) is 0. The van der Waals surface area contributed by atoms with Gasteiger partial charge in [-0.05, 0) is 24.1 Å². The van der Waals surface area contributed by atoms with Gasteiger partial charge in [0.2, 0.25) is 0 Å². The molecule has 1 aromatic carbocycles. The second-order valence-corrected chi connectivity index (χ2v) is 5.03. The van der Waals surface area contributed by atoms with Crippen LogP contribution in [0.15, 0.2) is 30.6 Å². The van der Waals surface area contributed by atoms with Gasteiger partial charge in [0.05, 0.1) is 23.1 Å². The summed E-state index contributed by atoms with van der Waals surface area (Å²) in [5.74, 6) is -0.409. The van der Waals surface area contributed by atoms with Gasteiger partial charge in [-0.3, -0.25) is 4.68 Å². The molecule has 0 aliphatic rings. The maximum absolute atomic E-state index is 13.0. The van der Waals surface area contributed by atoms with Crippen LogP contribution in [0.4, 0.5) is 4.39 Å². The van der Waals surface area contributed by atoms with E-state index in [1.54, 1.807) is 23.0 Å². The van der Waals surface area contributed by atoms with Crippen LogP contribution in [0.1, 0.15) is 29.8 Å². The quantitative estimate of drug-likeness (QED) is 0.761. The average Bonchev–Trinajstić information content (AvgIpc) is 2.81. The van der Waals surface area contributed by atoms with Crippen molar-refractivity contribution in [3.63, 3.8) is 0 Å². The topological polar surface area (TPSA) is 17.8 Å². The zero-order valence-electron chi connectivity index (χ0n) is 9.91. The molecule has 96 valence electrons. The highest BCUT2D eigenvalue weighted by Crippen LogP contribution is 2.23. The van der Waals surface area contributed by atoms with Gasteiger partial charge in [0, 0.05) is 11.8 Å². The van der Waals surface area contributed by atoms with Crippen molar-refractivity contribution in [2.24, 2.45) is 0 Å². The number of halogens is 3. The summed E-state index contributed by atoms with van der Waals surface area (Å²) < 4.78 is 14.8. The Kier molecular flexibility index (Phi) is 4.25. The Bertz CT molecular complexity index is 540. The van der Waals surface area contributed by atoms with E-state index in [1.165, 1.54) is 6.07 Å². The van der Waals surface area contributed by atoms with E-state index in [2.05, 4.69) is 5.10 Å². The fraction of sp³-hybridized carbons (Fsp3) is 0.308. The first-order chi connectivity index (χ1) is 8.60. The Hall–Kier alpha value is -1.06. The van der Waals surface area contributed by atoms with E-state index in [9.17, 15) is 4.39 Å². The second kappa shape index (κ2) is 5.72. The summed E-state index contributed by atoms with van der Waals surface area (Å²) in [6.07, 6.45) is 4.51. The molecule has 0 spiro atoms. The van der Waals surface area contributed by atoms with Crippen molar-refractivity contribution in [3.05, 3.63) is 52.6 Å². The summed E-state index contributed by atoms with van der Waals surface area (Å²) in [5, 5.41) is 4.34. The summed E-state index contributed by atoms with van der Waals surface area (Å²) >= 11 is 11.9. The van der Waals surface area contributed by atoms with Gasteiger partial charge in [-0.15, -0.1) is 11.6 Å². The van der Waals surface area contributed by atoms with E-state index in [1.807, 2.05) is 13.1 Å². The number of benzene rings is 1. The lowest BCUT2D eigenvalue weighted by Gasteiger charge is -2.04. The van der Waals surface area contributed by atoms with Crippen LogP contribution >= 0.6 is 23.2 Å². The minimum atomic E-state index is -0.409. The molecule has 0 amide bonds. The SMILES string of the molecule is CCC(Cl)c1cnn(Cc2ccc(F)c(Cl)c2)c1. The van der Waals surface area contributed by atoms with E-state index in [4.69, 9.17) is 23.2 Å². The number of rotatable bonds is 4. The second-order valence-electron chi connectivity index (χ2n) is 4.10. The average molecular weight is 287 g/mol. The van der Waals surface area contributed by atoms with E-state index in [-0.39, 0.29) is 10.4 Å². The molecule has 0 bridgehead atoms. The molecule has 1 heterocycles. The van der Waals surface area contributed by atoms with Gasteiger partial charge in [0.25, 0.3) is 0 Å². The van der Waals surface area contributed by atoms with Crippen LogP contribution < -0.4 is 0 Å². The molecule has 2 aromatic rings. The van der Waals surface area contributed by atoms with Gasteiger partial charge in [0.1, 0.15) is 5.82 Å². The van der Waals surface area contributed by atoms with Crippen molar-refractivity contribution >= 4 is 23.2 Å². The normalized spacial score (nSPS) is 12.7. The summed E-state index contributed by atoms with van der Waals surface area (Å²) in [4.78, 5) is 0. The lowest BCUT2D eigenvalue weighted by Crippen LogP contribution is -2.00. The summed E-state index contributed by atoms with van der Waals surface area (Å²) in [6, 6.07) is 4.66. The lowest BCUT2D eigenvalue weighted by atomic mass is 10.2. The Balaban J connectivity index is 2.13. The van der Waals surface area contributed by atoms with Crippen LogP contribution in [0, 0.1) is 5.82 Å². The Morgan fingerprint density at radius 1 is 1.44 bits per heavy atom. The van der Waals surface area contributed by atoms with Crippen molar-refractivity contribution in [3.8, 4) is 0 Å². The molecule has 0 saturated carbocycles. The van der Waals surface area contributed by atoms with Crippen LogP contribution in [-0.2, 0) is 6.54 Å². The van der Waals surface area contributed by atoms with Gasteiger partial charge in [-0.2, -0.15) is 5.10 Å². The molecule has 2 rings (SSSR count). The predicted octanol–water partition coefficient (Wildman–Crippen LogP) is 4.41. The summed E-state index contributed by atoms with van der Waals surface area (Å²) in [6.45, 7) is 2.57. The van der Waals surface area contributed by atoms with Crippen LogP contribution in [-0.4, -0.2) is 9.78 Å². The van der Waals surface area contributed by atoms with E-state index in [0.717, 1.165) is 17.5 Å². The van der Waals surface area contributed by atoms with Crippen molar-refractivity contribution in [1.29, 1.82) is 0 Å². The first-order valence-corrected chi connectivity index (χ1v) is 6.52. The molecule has 0 aliphatic carbocycles. The van der Waals surface area contributed by atoms with Gasteiger partial charge < -0.3 is 0 Å². The van der Waals surface area contributed by atoms with Crippen molar-refractivity contribution in [2.75, 3.05) is 0 Å². The molecule has 1 aromatic heterocycles. The number of hydrogen-bond donors (Lipinski definition) is 0. The Labute approximate surface area is 115 Å². The van der Waals surface area contributed by atoms with E-state index < -0.39 is 5.82 Å². The van der Waals surface area contributed by atoms with Crippen molar-refractivity contribution in [2.45, 2.75) is 25.3 Å². The van der Waals surface area contributed by atoms with E-state index >= 15 is 0 Å². The lowest BCUT2D eigenvalue weighted by molar-refractivity contribution is 0.625. The molecule has 18 heavy (non-hydrogen) atoms. The number of hydrogen-bond acceptors (Lipinski definition) is 1. The number of nitrogens with zero attached hydrogens (tertiary/aromatic N) is 2. The zero-order valence-corrected chi connectivity index (χ0v) is 11.4. The molecule has 0 aliphatic heterocycles. The third-order valence-electron chi connectivity index (χ3n) is 2.70. The van der Waals surface area contributed by atoms with Gasteiger partial charge in [-0.1, -0.05) is 24.6 Å². The monoisotopic (exact) mass is 286 g/mol. The zero-order chi connectivity index (χ0) is 13.1. The Morgan fingerprint density at radius 3 is 2.89 bits per heavy atom. The molecule has 1 unspecified atom stereocenters. The van der Waals surface area contributed by atoms with Crippen LogP contribution in [0.3, 0.4) is 0 Å². The van der Waals surface area contributed by atoms with Crippen LogP contribution in [0.25, 0.3) is 0 Å². The van der Waals surface area contributed by atoms with E-state index in [0.29, 0.717) is 6.54 Å². The first kappa shape index (κ1) is 13.4. The van der Waals surface area contributed by atoms with Crippen LogP contribution in [0.5, 0.6) is 0 Å². The van der Waals surface area contributed by atoms with Crippen molar-refractivity contribution in [1.82, 2.24) is 9.78 Å². The Morgan fingerprint density at radius 2 is 2.22 bits per heavy atom. The maximum atomic E-state index is 13.0. The number of alkyl halides is 1. The molecule has 0 radical (unpaired) electrons. The van der Waals surface area contributed by atoms with Gasteiger partial charge in [0.15, 0.2) is 0 Å². The highest BCUT2D eigenvalue weighted by atomic mass is 35.5. The predicted molar refractivity (Wildman–Crippen MR) is 71.6 cm³/mol. The molecule has 0 N–H and O–H groups in total. The fourth-order valence-electron chi connectivity index (χ4n) is 1.69. The minimum Gasteiger partial charge on any atom is -0.268 e. The molecule has 0 fully saturated rings. The molecule has 5 heteroatoms. The highest BCUT2D eigenvalue weighted by Gasteiger charge is 2.08. The van der Waals surface area contributed by atoms with Gasteiger partial charge in [-0.25, -0.2) is 4.39 Å². The standard InChI is InChI=1S/C13H13Cl2FN2/c1-2-11(14)10-6-17-18(8-10)7-9-3-4-13(16)12(15)5-9/h3-6,8,11H,2,7H2,1H3. The third-order valence-corrected chi connectivity index (χ3v) is 3.55. The largest absolute Gasteiger partial charge is 0.268 e. The maximum Gasteiger partial charge on any atom is 0.141 e. The first-order valence-electron chi connectivity index (χ1n) is 5.70. The van der Waals surface area contributed by atoms with Crippen LogP contribution in [0.2, 0.25) is 5.02 Å². The highest BCUT2D eigenvalue weighted by molar-refractivity contribution is 6.30. The molecule has 1 atom stereocenters. The molecule has 2 nitrogen and oxygen atoms in total. The fourth-order valence-corrected chi connectivity index (χ4v) is 2.00. The smallest absolute Gasteiger partial charge is 0.141 e. The molecular weight excluding hydrogens is 274 g/mol. The summed E-state index contributed by atoms with van der Waals surface area (Å²) in [5.41, 5.74) is 1.89.